The fraction of sp³-hybridized carbons (Fsp3) is 0.222. The molecule has 106 valence electrons. The van der Waals surface area contributed by atoms with E-state index in [9.17, 15) is 9.59 Å². The number of carbonyl (C=O) groups is 2. The fourth-order valence-electron chi connectivity index (χ4n) is 2.69. The molecule has 0 radical (unpaired) electrons. The van der Waals surface area contributed by atoms with Gasteiger partial charge in [0.25, 0.3) is 5.91 Å². The van der Waals surface area contributed by atoms with Gasteiger partial charge in [-0.15, -0.1) is 0 Å². The molecule has 3 heteroatoms. The minimum Gasteiger partial charge on any atom is -0.352 e. The van der Waals surface area contributed by atoms with E-state index in [4.69, 9.17) is 0 Å². The van der Waals surface area contributed by atoms with E-state index in [1.54, 1.807) is 6.07 Å². The zero-order valence-corrected chi connectivity index (χ0v) is 12.2. The minimum atomic E-state index is -0.0909. The third kappa shape index (κ3) is 2.47. The fourth-order valence-corrected chi connectivity index (χ4v) is 2.69. The van der Waals surface area contributed by atoms with Crippen LogP contribution >= 0.6 is 0 Å². The molecule has 21 heavy (non-hydrogen) atoms. The molecule has 0 aliphatic carbocycles. The van der Waals surface area contributed by atoms with Gasteiger partial charge in [-0.05, 0) is 43.5 Å². The summed E-state index contributed by atoms with van der Waals surface area (Å²) in [6.07, 6.45) is 0.818. The quantitative estimate of drug-likeness (QED) is 0.859. The van der Waals surface area contributed by atoms with Crippen LogP contribution < -0.4 is 5.32 Å². The Morgan fingerprint density at radius 3 is 2.71 bits per heavy atom. The summed E-state index contributed by atoms with van der Waals surface area (Å²) in [5.41, 5.74) is 4.91. The van der Waals surface area contributed by atoms with Gasteiger partial charge in [-0.3, -0.25) is 9.59 Å². The first kappa shape index (κ1) is 13.6. The summed E-state index contributed by atoms with van der Waals surface area (Å²) in [5.74, 6) is -0.121. The van der Waals surface area contributed by atoms with Crippen molar-refractivity contribution in [3.63, 3.8) is 0 Å². The van der Waals surface area contributed by atoms with Gasteiger partial charge in [0, 0.05) is 23.2 Å². The van der Waals surface area contributed by atoms with Gasteiger partial charge in [0.2, 0.25) is 0 Å². The summed E-state index contributed by atoms with van der Waals surface area (Å²) < 4.78 is 0. The number of ketones is 1. The summed E-state index contributed by atoms with van der Waals surface area (Å²) in [7, 11) is 0. The first-order chi connectivity index (χ1) is 10.1. The molecule has 3 rings (SSSR count). The van der Waals surface area contributed by atoms with E-state index in [-0.39, 0.29) is 11.7 Å². The summed E-state index contributed by atoms with van der Waals surface area (Å²) in [6, 6.07) is 11.3. The molecule has 0 saturated carbocycles. The van der Waals surface area contributed by atoms with E-state index in [1.807, 2.05) is 44.2 Å². The molecule has 1 aliphatic heterocycles. The number of amides is 1. The third-order valence-electron chi connectivity index (χ3n) is 3.93. The van der Waals surface area contributed by atoms with E-state index < -0.39 is 0 Å². The van der Waals surface area contributed by atoms with Gasteiger partial charge in [0.15, 0.2) is 5.78 Å². The van der Waals surface area contributed by atoms with Crippen LogP contribution in [0.25, 0.3) is 0 Å². The van der Waals surface area contributed by atoms with Crippen molar-refractivity contribution in [1.82, 2.24) is 5.32 Å². The van der Waals surface area contributed by atoms with Crippen LogP contribution in [0.4, 0.5) is 0 Å². The van der Waals surface area contributed by atoms with E-state index in [2.05, 4.69) is 5.32 Å². The van der Waals surface area contributed by atoms with Gasteiger partial charge in [-0.2, -0.15) is 0 Å². The lowest BCUT2D eigenvalue weighted by molar-refractivity contribution is 0.0946. The first-order valence-electron chi connectivity index (χ1n) is 7.09. The average Bonchev–Trinajstić information content (AvgIpc) is 2.49. The maximum Gasteiger partial charge on any atom is 0.251 e. The second kappa shape index (κ2) is 5.17. The number of aryl methyl sites for hydroxylation is 2. The van der Waals surface area contributed by atoms with Crippen LogP contribution in [0.5, 0.6) is 0 Å². The van der Waals surface area contributed by atoms with Gasteiger partial charge in [0.1, 0.15) is 0 Å². The molecular weight excluding hydrogens is 262 g/mol. The number of carbonyl (C=O) groups excluding carboxylic acids is 2. The highest BCUT2D eigenvalue weighted by atomic mass is 16.1. The average molecular weight is 279 g/mol. The summed E-state index contributed by atoms with van der Waals surface area (Å²) >= 11 is 0. The van der Waals surface area contributed by atoms with Crippen molar-refractivity contribution in [3.8, 4) is 0 Å². The van der Waals surface area contributed by atoms with Crippen molar-refractivity contribution >= 4 is 11.7 Å². The Labute approximate surface area is 124 Å². The number of fused-ring (bicyclic) bond motifs is 1. The largest absolute Gasteiger partial charge is 0.352 e. The predicted molar refractivity (Wildman–Crippen MR) is 81.8 cm³/mol. The zero-order chi connectivity index (χ0) is 15.0. The molecule has 1 aliphatic rings. The van der Waals surface area contributed by atoms with Crippen molar-refractivity contribution < 1.29 is 9.59 Å². The van der Waals surface area contributed by atoms with Gasteiger partial charge in [-0.25, -0.2) is 0 Å². The molecule has 0 aromatic heterocycles. The summed E-state index contributed by atoms with van der Waals surface area (Å²) in [5, 5.41) is 2.81. The predicted octanol–water partition coefficient (Wildman–Crippen LogP) is 2.82. The Morgan fingerprint density at radius 2 is 1.90 bits per heavy atom. The van der Waals surface area contributed by atoms with Gasteiger partial charge in [-0.1, -0.05) is 29.8 Å². The van der Waals surface area contributed by atoms with Crippen molar-refractivity contribution in [3.05, 3.63) is 69.8 Å². The summed E-state index contributed by atoms with van der Waals surface area (Å²) in [4.78, 5) is 24.6. The number of rotatable bonds is 2. The highest BCUT2D eigenvalue weighted by molar-refractivity contribution is 6.11. The molecular formula is C18H17NO2. The van der Waals surface area contributed by atoms with Crippen molar-refractivity contribution in [1.29, 1.82) is 0 Å². The molecule has 2 aromatic carbocycles. The molecule has 1 amide bonds. The summed E-state index contributed by atoms with van der Waals surface area (Å²) in [6.45, 7) is 4.56. The van der Waals surface area contributed by atoms with Crippen LogP contribution in [0.15, 0.2) is 36.4 Å². The zero-order valence-electron chi connectivity index (χ0n) is 12.2. The topological polar surface area (TPSA) is 46.2 Å². The monoisotopic (exact) mass is 279 g/mol. The molecule has 1 heterocycles. The van der Waals surface area contributed by atoms with Crippen LogP contribution in [0.2, 0.25) is 0 Å². The molecule has 2 aromatic rings. The standard InChI is InChI=1S/C18H17NO2/c1-11-3-4-12(2)15(9-11)17(20)14-6-5-13-7-8-19-18(21)16(13)10-14/h3-6,9-10H,7-8H2,1-2H3,(H,19,21). The highest BCUT2D eigenvalue weighted by Gasteiger charge is 2.19. The van der Waals surface area contributed by atoms with Crippen LogP contribution in [0.1, 0.15) is 43.0 Å². The second-order valence-electron chi connectivity index (χ2n) is 5.53. The molecule has 0 unspecified atom stereocenters. The van der Waals surface area contributed by atoms with E-state index in [0.717, 1.165) is 23.1 Å². The van der Waals surface area contributed by atoms with Gasteiger partial charge in [0.05, 0.1) is 0 Å². The first-order valence-corrected chi connectivity index (χ1v) is 7.09. The Morgan fingerprint density at radius 1 is 1.10 bits per heavy atom. The smallest absolute Gasteiger partial charge is 0.251 e. The molecule has 0 fully saturated rings. The molecule has 0 atom stereocenters. The van der Waals surface area contributed by atoms with Gasteiger partial charge < -0.3 is 5.32 Å². The number of hydrogen-bond donors (Lipinski definition) is 1. The number of benzene rings is 2. The number of nitrogens with one attached hydrogen (secondary N) is 1. The lowest BCUT2D eigenvalue weighted by Crippen LogP contribution is -2.32. The van der Waals surface area contributed by atoms with Crippen LogP contribution in [-0.2, 0) is 6.42 Å². The maximum atomic E-state index is 12.7. The van der Waals surface area contributed by atoms with E-state index in [0.29, 0.717) is 23.2 Å². The van der Waals surface area contributed by atoms with Crippen molar-refractivity contribution in [2.75, 3.05) is 6.54 Å². The maximum absolute atomic E-state index is 12.7. The Bertz CT molecular complexity index is 747. The van der Waals surface area contributed by atoms with Crippen LogP contribution in [0, 0.1) is 13.8 Å². The molecule has 0 bridgehead atoms. The van der Waals surface area contributed by atoms with Crippen molar-refractivity contribution in [2.45, 2.75) is 20.3 Å². The lowest BCUT2D eigenvalue weighted by Gasteiger charge is -2.17. The Balaban J connectivity index is 2.04. The molecule has 0 saturated heterocycles. The molecule has 1 N–H and O–H groups in total. The normalized spacial score (nSPS) is 13.5. The Hall–Kier alpha value is -2.42. The van der Waals surface area contributed by atoms with E-state index >= 15 is 0 Å². The number of hydrogen-bond acceptors (Lipinski definition) is 2. The second-order valence-corrected chi connectivity index (χ2v) is 5.53. The minimum absolute atomic E-state index is 0.0302. The molecule has 0 spiro atoms. The Kier molecular flexibility index (Phi) is 3.34. The van der Waals surface area contributed by atoms with Crippen molar-refractivity contribution in [2.24, 2.45) is 0 Å². The van der Waals surface area contributed by atoms with Crippen LogP contribution in [-0.4, -0.2) is 18.2 Å². The van der Waals surface area contributed by atoms with Gasteiger partial charge >= 0.3 is 0 Å². The van der Waals surface area contributed by atoms with Crippen LogP contribution in [0.3, 0.4) is 0 Å². The molecule has 3 nitrogen and oxygen atoms in total. The lowest BCUT2D eigenvalue weighted by atomic mass is 9.92. The highest BCUT2D eigenvalue weighted by Crippen LogP contribution is 2.20. The SMILES string of the molecule is Cc1ccc(C)c(C(=O)c2ccc3c(c2)C(=O)NCC3)c1. The van der Waals surface area contributed by atoms with E-state index in [1.165, 1.54) is 0 Å². The third-order valence-corrected chi connectivity index (χ3v) is 3.93.